The molecule has 0 atom stereocenters. The Morgan fingerprint density at radius 2 is 1.50 bits per heavy atom. The fourth-order valence-electron chi connectivity index (χ4n) is 4.34. The van der Waals surface area contributed by atoms with Crippen LogP contribution in [0.15, 0.2) is 0 Å². The quantitative estimate of drug-likeness (QED) is 0.671. The van der Waals surface area contributed by atoms with Crippen LogP contribution < -0.4 is 0 Å². The van der Waals surface area contributed by atoms with Gasteiger partial charge in [-0.25, -0.2) is 0 Å². The summed E-state index contributed by atoms with van der Waals surface area (Å²) in [5, 5.41) is 0. The number of hydrogen-bond donors (Lipinski definition) is 0. The summed E-state index contributed by atoms with van der Waals surface area (Å²) in [4.78, 5) is 11.7. The fraction of sp³-hybridized carbons (Fsp3) is 0.929. The van der Waals surface area contributed by atoms with E-state index in [1.54, 1.807) is 0 Å². The van der Waals surface area contributed by atoms with Crippen molar-refractivity contribution in [3.8, 4) is 0 Å². The largest absolute Gasteiger partial charge is 0.462 e. The summed E-state index contributed by atoms with van der Waals surface area (Å²) in [6.45, 7) is 3.86. The number of hydrogen-bond acceptors (Lipinski definition) is 2. The molecule has 0 aromatic heterocycles. The van der Waals surface area contributed by atoms with Gasteiger partial charge < -0.3 is 4.74 Å². The van der Waals surface area contributed by atoms with Gasteiger partial charge in [0.2, 0.25) is 0 Å². The van der Waals surface area contributed by atoms with E-state index in [9.17, 15) is 4.79 Å². The molecule has 4 aliphatic rings. The van der Waals surface area contributed by atoms with Crippen molar-refractivity contribution in [3.63, 3.8) is 0 Å². The molecular formula is C14H22O2. The van der Waals surface area contributed by atoms with Gasteiger partial charge in [0.25, 0.3) is 0 Å². The maximum absolute atomic E-state index is 11.7. The summed E-state index contributed by atoms with van der Waals surface area (Å²) >= 11 is 0. The van der Waals surface area contributed by atoms with Gasteiger partial charge in [0.1, 0.15) is 6.10 Å². The van der Waals surface area contributed by atoms with Crippen molar-refractivity contribution >= 4 is 5.97 Å². The van der Waals surface area contributed by atoms with Crippen LogP contribution in [0.2, 0.25) is 0 Å². The normalized spacial score (nSPS) is 45.1. The molecule has 0 amide bonds. The Morgan fingerprint density at radius 3 is 1.94 bits per heavy atom. The maximum Gasteiger partial charge on any atom is 0.308 e. The van der Waals surface area contributed by atoms with E-state index in [2.05, 4.69) is 0 Å². The van der Waals surface area contributed by atoms with Crippen molar-refractivity contribution in [2.24, 2.45) is 29.6 Å². The molecule has 0 aromatic rings. The number of esters is 1. The minimum Gasteiger partial charge on any atom is -0.462 e. The van der Waals surface area contributed by atoms with Gasteiger partial charge in [0.15, 0.2) is 0 Å². The first kappa shape index (κ1) is 10.6. The van der Waals surface area contributed by atoms with Gasteiger partial charge in [-0.15, -0.1) is 0 Å². The smallest absolute Gasteiger partial charge is 0.308 e. The van der Waals surface area contributed by atoms with Gasteiger partial charge >= 0.3 is 5.97 Å². The molecule has 0 heterocycles. The third kappa shape index (κ3) is 1.66. The Labute approximate surface area is 97.7 Å². The van der Waals surface area contributed by atoms with Gasteiger partial charge in [0, 0.05) is 0 Å². The lowest BCUT2D eigenvalue weighted by Gasteiger charge is -2.53. The lowest BCUT2D eigenvalue weighted by atomic mass is 9.55. The van der Waals surface area contributed by atoms with Gasteiger partial charge in [-0.05, 0) is 55.8 Å². The molecule has 4 fully saturated rings. The molecule has 0 saturated heterocycles. The van der Waals surface area contributed by atoms with Gasteiger partial charge in [-0.2, -0.15) is 0 Å². The highest BCUT2D eigenvalue weighted by atomic mass is 16.5. The predicted molar refractivity (Wildman–Crippen MR) is 61.8 cm³/mol. The molecule has 4 saturated carbocycles. The summed E-state index contributed by atoms with van der Waals surface area (Å²) in [6.07, 6.45) is 7.01. The molecule has 90 valence electrons. The van der Waals surface area contributed by atoms with Crippen LogP contribution in [0.5, 0.6) is 0 Å². The lowest BCUT2D eigenvalue weighted by Crippen LogP contribution is -2.50. The SMILES string of the molecule is CC(C)C(=O)OC1C2CC3CC(C2)CC1C3. The second-order valence-electron chi connectivity index (χ2n) is 6.49. The first-order valence-electron chi connectivity index (χ1n) is 6.84. The second kappa shape index (κ2) is 3.75. The zero-order valence-electron chi connectivity index (χ0n) is 10.3. The van der Waals surface area contributed by atoms with Crippen LogP contribution in [0.4, 0.5) is 0 Å². The summed E-state index contributed by atoms with van der Waals surface area (Å²) in [5.74, 6) is 3.33. The summed E-state index contributed by atoms with van der Waals surface area (Å²) in [5.41, 5.74) is 0. The summed E-state index contributed by atoms with van der Waals surface area (Å²) in [7, 11) is 0. The molecule has 2 nitrogen and oxygen atoms in total. The molecule has 0 N–H and O–H groups in total. The van der Waals surface area contributed by atoms with Crippen LogP contribution in [0, 0.1) is 29.6 Å². The number of carbonyl (C=O) groups is 1. The summed E-state index contributed by atoms with van der Waals surface area (Å²) < 4.78 is 5.75. The topological polar surface area (TPSA) is 26.3 Å². The van der Waals surface area contributed by atoms with Crippen LogP contribution in [0.1, 0.15) is 46.0 Å². The first-order valence-corrected chi connectivity index (χ1v) is 6.84. The monoisotopic (exact) mass is 222 g/mol. The maximum atomic E-state index is 11.7. The number of rotatable bonds is 2. The molecule has 0 unspecified atom stereocenters. The Hall–Kier alpha value is -0.530. The van der Waals surface area contributed by atoms with Crippen molar-refractivity contribution in [2.45, 2.75) is 52.1 Å². The van der Waals surface area contributed by atoms with E-state index in [1.165, 1.54) is 32.1 Å². The van der Waals surface area contributed by atoms with E-state index in [-0.39, 0.29) is 18.0 Å². The third-order valence-electron chi connectivity index (χ3n) is 4.86. The minimum absolute atomic E-state index is 0.0115. The highest BCUT2D eigenvalue weighted by molar-refractivity contribution is 5.71. The van der Waals surface area contributed by atoms with E-state index in [1.807, 2.05) is 13.8 Å². The van der Waals surface area contributed by atoms with Crippen LogP contribution >= 0.6 is 0 Å². The van der Waals surface area contributed by atoms with Gasteiger partial charge in [-0.3, -0.25) is 4.79 Å². The molecule has 2 heteroatoms. The third-order valence-corrected chi connectivity index (χ3v) is 4.86. The Balaban J connectivity index is 1.70. The van der Waals surface area contributed by atoms with Crippen molar-refractivity contribution in [3.05, 3.63) is 0 Å². The van der Waals surface area contributed by atoms with Crippen molar-refractivity contribution < 1.29 is 9.53 Å². The minimum atomic E-state index is 0.0115. The first-order chi connectivity index (χ1) is 7.63. The highest BCUT2D eigenvalue weighted by Gasteiger charge is 2.49. The van der Waals surface area contributed by atoms with Gasteiger partial charge in [0.05, 0.1) is 5.92 Å². The zero-order valence-corrected chi connectivity index (χ0v) is 10.3. The average molecular weight is 222 g/mol. The van der Waals surface area contributed by atoms with Crippen molar-refractivity contribution in [1.82, 2.24) is 0 Å². The van der Waals surface area contributed by atoms with Crippen LogP contribution in [-0.2, 0) is 9.53 Å². The number of ether oxygens (including phenoxy) is 1. The van der Waals surface area contributed by atoms with E-state index >= 15 is 0 Å². The van der Waals surface area contributed by atoms with Crippen LogP contribution in [-0.4, -0.2) is 12.1 Å². The van der Waals surface area contributed by atoms with E-state index in [0.717, 1.165) is 11.8 Å². The molecular weight excluding hydrogens is 200 g/mol. The van der Waals surface area contributed by atoms with Crippen LogP contribution in [0.25, 0.3) is 0 Å². The molecule has 4 rings (SSSR count). The standard InChI is InChI=1S/C14H22O2/c1-8(2)14(15)16-13-11-4-9-3-10(6-11)7-12(13)5-9/h8-13H,3-7H2,1-2H3. The highest BCUT2D eigenvalue weighted by Crippen LogP contribution is 2.54. The van der Waals surface area contributed by atoms with Crippen LogP contribution in [0.3, 0.4) is 0 Å². The Morgan fingerprint density at radius 1 is 1.00 bits per heavy atom. The zero-order chi connectivity index (χ0) is 11.3. The molecule has 0 aliphatic heterocycles. The second-order valence-corrected chi connectivity index (χ2v) is 6.49. The molecule has 4 aliphatic carbocycles. The molecule has 0 aromatic carbocycles. The predicted octanol–water partition coefficient (Wildman–Crippen LogP) is 3.01. The number of carbonyl (C=O) groups excluding carboxylic acids is 1. The van der Waals surface area contributed by atoms with Crippen molar-refractivity contribution in [2.75, 3.05) is 0 Å². The Bertz CT molecular complexity index is 267. The molecule has 0 spiro atoms. The van der Waals surface area contributed by atoms with E-state index < -0.39 is 0 Å². The van der Waals surface area contributed by atoms with Crippen molar-refractivity contribution in [1.29, 1.82) is 0 Å². The molecule has 16 heavy (non-hydrogen) atoms. The lowest BCUT2D eigenvalue weighted by molar-refractivity contribution is -0.174. The molecule has 4 bridgehead atoms. The average Bonchev–Trinajstić information content (AvgIpc) is 2.21. The fourth-order valence-corrected chi connectivity index (χ4v) is 4.34. The molecule has 0 radical (unpaired) electrons. The Kier molecular flexibility index (Phi) is 2.49. The van der Waals surface area contributed by atoms with E-state index in [4.69, 9.17) is 4.74 Å². The summed E-state index contributed by atoms with van der Waals surface area (Å²) in [6, 6.07) is 0. The van der Waals surface area contributed by atoms with Gasteiger partial charge in [-0.1, -0.05) is 13.8 Å². The van der Waals surface area contributed by atoms with E-state index in [0.29, 0.717) is 11.8 Å².